The molecule has 0 aromatic carbocycles. The van der Waals surface area contributed by atoms with Crippen molar-refractivity contribution in [3.63, 3.8) is 0 Å². The maximum atomic E-state index is 10.4. The van der Waals surface area contributed by atoms with E-state index in [0.717, 1.165) is 30.2 Å². The Bertz CT molecular complexity index is 736. The molecule has 0 saturated carbocycles. The first-order valence-corrected chi connectivity index (χ1v) is 10.5. The summed E-state index contributed by atoms with van der Waals surface area (Å²) in [6, 6.07) is 10.5. The van der Waals surface area contributed by atoms with E-state index in [9.17, 15) is 5.11 Å². The van der Waals surface area contributed by atoms with Crippen LogP contribution in [0.5, 0.6) is 0 Å². The highest BCUT2D eigenvalue weighted by atomic mass is 32.2. The van der Waals surface area contributed by atoms with Gasteiger partial charge in [-0.25, -0.2) is 0 Å². The summed E-state index contributed by atoms with van der Waals surface area (Å²) in [6.45, 7) is 6.67. The first kappa shape index (κ1) is 19.1. The maximum Gasteiger partial charge on any atom is 0.106 e. The molecule has 2 aromatic heterocycles. The molecule has 0 amide bonds. The second-order valence-electron chi connectivity index (χ2n) is 7.43. The van der Waals surface area contributed by atoms with Crippen molar-refractivity contribution in [1.82, 2.24) is 9.97 Å². The summed E-state index contributed by atoms with van der Waals surface area (Å²) in [5, 5.41) is 10.9. The molecule has 2 aromatic rings. The fourth-order valence-corrected chi connectivity index (χ4v) is 4.42. The lowest BCUT2D eigenvalue weighted by molar-refractivity contribution is 0.0735. The summed E-state index contributed by atoms with van der Waals surface area (Å²) in [5.41, 5.74) is 0.855. The highest BCUT2D eigenvalue weighted by Crippen LogP contribution is 2.38. The lowest BCUT2D eigenvalue weighted by Gasteiger charge is -2.44. The van der Waals surface area contributed by atoms with Gasteiger partial charge in [-0.15, -0.1) is 0 Å². The van der Waals surface area contributed by atoms with Gasteiger partial charge in [-0.2, -0.15) is 11.8 Å². The van der Waals surface area contributed by atoms with Crippen molar-refractivity contribution < 1.29 is 5.11 Å². The van der Waals surface area contributed by atoms with E-state index in [1.807, 2.05) is 36.2 Å². The zero-order valence-electron chi connectivity index (χ0n) is 16.0. The van der Waals surface area contributed by atoms with Crippen molar-refractivity contribution in [2.24, 2.45) is 0 Å². The van der Waals surface area contributed by atoms with Gasteiger partial charge in [-0.05, 0) is 57.7 Å². The third-order valence-electron chi connectivity index (χ3n) is 5.08. The van der Waals surface area contributed by atoms with Crippen molar-refractivity contribution in [2.45, 2.75) is 50.0 Å². The van der Waals surface area contributed by atoms with Gasteiger partial charge in [0.1, 0.15) is 11.4 Å². The number of nitrogens with zero attached hydrogens (tertiary/aromatic N) is 2. The molecule has 0 spiro atoms. The molecule has 3 atom stereocenters. The number of thioether (sulfide) groups is 1. The Morgan fingerprint density at radius 1 is 1.31 bits per heavy atom. The molecule has 0 aliphatic carbocycles. The monoisotopic (exact) mass is 371 g/mol. The van der Waals surface area contributed by atoms with Crippen LogP contribution in [0.25, 0.3) is 0 Å². The predicted molar refractivity (Wildman–Crippen MR) is 111 cm³/mol. The van der Waals surface area contributed by atoms with Gasteiger partial charge in [0.25, 0.3) is 0 Å². The van der Waals surface area contributed by atoms with Crippen molar-refractivity contribution in [1.29, 1.82) is 0 Å². The Kier molecular flexibility index (Phi) is 5.78. The third-order valence-corrected chi connectivity index (χ3v) is 6.09. The van der Waals surface area contributed by atoms with Gasteiger partial charge in [0, 0.05) is 29.6 Å². The average molecular weight is 372 g/mol. The van der Waals surface area contributed by atoms with Gasteiger partial charge < -0.3 is 15.0 Å². The van der Waals surface area contributed by atoms with E-state index < -0.39 is 5.60 Å². The number of H-pyrrole nitrogens is 1. The van der Waals surface area contributed by atoms with Crippen LogP contribution in [0.4, 0.5) is 5.82 Å². The molecule has 0 radical (unpaired) electrons. The van der Waals surface area contributed by atoms with E-state index in [1.165, 1.54) is 0 Å². The van der Waals surface area contributed by atoms with Crippen LogP contribution in [-0.2, 0) is 5.60 Å². The molecular weight excluding hydrogens is 342 g/mol. The molecule has 1 aliphatic rings. The fraction of sp³-hybridized carbons (Fsp3) is 0.476. The average Bonchev–Trinajstić information content (AvgIpc) is 3.16. The van der Waals surface area contributed by atoms with E-state index in [2.05, 4.69) is 47.3 Å². The molecule has 140 valence electrons. The normalized spacial score (nSPS) is 24.3. The molecule has 1 fully saturated rings. The number of aromatic amines is 1. The quantitative estimate of drug-likeness (QED) is 0.769. The third kappa shape index (κ3) is 3.99. The molecule has 4 nitrogen and oxygen atoms in total. The first-order valence-electron chi connectivity index (χ1n) is 9.19. The minimum absolute atomic E-state index is 0.242. The fourth-order valence-electron chi connectivity index (χ4n) is 3.71. The summed E-state index contributed by atoms with van der Waals surface area (Å²) in [7, 11) is 0. The Morgan fingerprint density at radius 2 is 2.12 bits per heavy atom. The van der Waals surface area contributed by atoms with Crippen LogP contribution in [0.1, 0.15) is 44.5 Å². The number of aliphatic hydroxyl groups is 1. The van der Waals surface area contributed by atoms with Crippen molar-refractivity contribution >= 4 is 17.6 Å². The van der Waals surface area contributed by atoms with Gasteiger partial charge in [0.2, 0.25) is 0 Å². The van der Waals surface area contributed by atoms with Gasteiger partial charge in [0.15, 0.2) is 0 Å². The van der Waals surface area contributed by atoms with Crippen LogP contribution in [-0.4, -0.2) is 39.2 Å². The van der Waals surface area contributed by atoms with Crippen molar-refractivity contribution in [3.05, 3.63) is 60.1 Å². The largest absolute Gasteiger partial charge is 0.384 e. The SMILES string of the molecule is CC=CC1C(c2cccc(C(C)(C)O)n2)CC(SC)CN1c1ccc[nH]1. The van der Waals surface area contributed by atoms with Crippen LogP contribution < -0.4 is 4.90 Å². The Morgan fingerprint density at radius 3 is 2.73 bits per heavy atom. The molecule has 3 rings (SSSR count). The molecule has 3 heterocycles. The molecule has 1 aliphatic heterocycles. The Labute approximate surface area is 160 Å². The second-order valence-corrected chi connectivity index (χ2v) is 8.57. The summed E-state index contributed by atoms with van der Waals surface area (Å²) < 4.78 is 0. The second kappa shape index (κ2) is 7.89. The van der Waals surface area contributed by atoms with Crippen LogP contribution in [0, 0.1) is 0 Å². The standard InChI is InChI=1S/C21H29N3OS/c1-5-8-18-16(17-9-6-10-19(23-17)21(2,3)25)13-15(26-4)14-24(18)20-11-7-12-22-20/h5-12,15-16,18,22,25H,13-14H2,1-4H3. The summed E-state index contributed by atoms with van der Waals surface area (Å²) in [4.78, 5) is 10.7. The molecule has 0 bridgehead atoms. The summed E-state index contributed by atoms with van der Waals surface area (Å²) in [5.74, 6) is 1.43. The van der Waals surface area contributed by atoms with E-state index in [4.69, 9.17) is 4.98 Å². The molecule has 3 unspecified atom stereocenters. The molecular formula is C21H29N3OS. The number of rotatable bonds is 5. The van der Waals surface area contributed by atoms with Crippen molar-refractivity contribution in [2.75, 3.05) is 17.7 Å². The number of hydrogen-bond acceptors (Lipinski definition) is 4. The number of nitrogens with one attached hydrogen (secondary N) is 1. The number of hydrogen-bond donors (Lipinski definition) is 2. The lowest BCUT2D eigenvalue weighted by Crippen LogP contribution is -2.48. The number of pyridine rings is 1. The van der Waals surface area contributed by atoms with E-state index >= 15 is 0 Å². The van der Waals surface area contributed by atoms with Crippen molar-refractivity contribution in [3.8, 4) is 0 Å². The maximum absolute atomic E-state index is 10.4. The number of piperidine rings is 1. The first-order chi connectivity index (χ1) is 12.4. The summed E-state index contributed by atoms with van der Waals surface area (Å²) in [6.07, 6.45) is 9.65. The van der Waals surface area contributed by atoms with Crippen LogP contribution in [0.2, 0.25) is 0 Å². The highest BCUT2D eigenvalue weighted by Gasteiger charge is 2.37. The molecule has 5 heteroatoms. The summed E-state index contributed by atoms with van der Waals surface area (Å²) >= 11 is 1.92. The predicted octanol–water partition coefficient (Wildman–Crippen LogP) is 4.31. The minimum Gasteiger partial charge on any atom is -0.384 e. The van der Waals surface area contributed by atoms with Crippen LogP contribution >= 0.6 is 11.8 Å². The molecule has 26 heavy (non-hydrogen) atoms. The van der Waals surface area contributed by atoms with E-state index in [-0.39, 0.29) is 12.0 Å². The Balaban J connectivity index is 2.02. The van der Waals surface area contributed by atoms with Gasteiger partial charge >= 0.3 is 0 Å². The smallest absolute Gasteiger partial charge is 0.106 e. The zero-order chi connectivity index (χ0) is 18.7. The highest BCUT2D eigenvalue weighted by molar-refractivity contribution is 7.99. The number of anilines is 1. The van der Waals surface area contributed by atoms with Gasteiger partial charge in [-0.1, -0.05) is 18.2 Å². The molecule has 1 saturated heterocycles. The zero-order valence-corrected chi connectivity index (χ0v) is 16.8. The lowest BCUT2D eigenvalue weighted by atomic mass is 9.85. The number of allylic oxidation sites excluding steroid dienone is 1. The van der Waals surface area contributed by atoms with Gasteiger partial charge in [0.05, 0.1) is 11.7 Å². The van der Waals surface area contributed by atoms with Crippen LogP contribution in [0.3, 0.4) is 0 Å². The van der Waals surface area contributed by atoms with E-state index in [0.29, 0.717) is 5.25 Å². The topological polar surface area (TPSA) is 52.2 Å². The van der Waals surface area contributed by atoms with Crippen LogP contribution in [0.15, 0.2) is 48.7 Å². The Hall–Kier alpha value is -1.72. The van der Waals surface area contributed by atoms with Gasteiger partial charge in [-0.3, -0.25) is 4.98 Å². The number of aromatic nitrogens is 2. The molecule has 2 N–H and O–H groups in total. The minimum atomic E-state index is -0.932. The van der Waals surface area contributed by atoms with E-state index in [1.54, 1.807) is 13.8 Å².